The van der Waals surface area contributed by atoms with Gasteiger partial charge in [0.15, 0.2) is 0 Å². The summed E-state index contributed by atoms with van der Waals surface area (Å²) < 4.78 is 2.17. The van der Waals surface area contributed by atoms with Crippen LogP contribution in [0.5, 0.6) is 0 Å². The van der Waals surface area contributed by atoms with Gasteiger partial charge in [-0.15, -0.1) is 0 Å². The molecule has 1 spiro atoms. The van der Waals surface area contributed by atoms with Gasteiger partial charge in [-0.05, 0) is 46.9 Å². The molecule has 0 saturated carbocycles. The lowest BCUT2D eigenvalue weighted by molar-refractivity contribution is -0.135. The van der Waals surface area contributed by atoms with Crippen molar-refractivity contribution in [2.75, 3.05) is 20.1 Å². The molecule has 0 bridgehead atoms. The highest BCUT2D eigenvalue weighted by Crippen LogP contribution is 2.37. The molecule has 0 unspecified atom stereocenters. The van der Waals surface area contributed by atoms with Crippen molar-refractivity contribution >= 4 is 33.6 Å². The molecule has 3 aromatic carbocycles. The van der Waals surface area contributed by atoms with Gasteiger partial charge in [0.2, 0.25) is 0 Å². The summed E-state index contributed by atoms with van der Waals surface area (Å²) in [6.45, 7) is 2.74. The Bertz CT molecular complexity index is 1450. The molecule has 2 saturated heterocycles. The van der Waals surface area contributed by atoms with Gasteiger partial charge in [-0.25, -0.2) is 4.79 Å². The minimum Gasteiger partial charge on any atom is -0.350 e. The zero-order valence-corrected chi connectivity index (χ0v) is 20.3. The molecule has 35 heavy (non-hydrogen) atoms. The second kappa shape index (κ2) is 8.24. The lowest BCUT2D eigenvalue weighted by Crippen LogP contribution is -2.55. The molecule has 0 N–H and O–H groups in total. The van der Waals surface area contributed by atoms with Crippen LogP contribution >= 0.6 is 0 Å². The number of fused-ring (bicyclic) bond motifs is 2. The Morgan fingerprint density at radius 2 is 1.54 bits per heavy atom. The molecule has 2 aliphatic heterocycles. The van der Waals surface area contributed by atoms with Gasteiger partial charge in [0.25, 0.3) is 5.91 Å². The van der Waals surface area contributed by atoms with Crippen LogP contribution in [0.3, 0.4) is 0 Å². The molecule has 0 radical (unpaired) electrons. The molecule has 0 aliphatic carbocycles. The van der Waals surface area contributed by atoms with Crippen molar-refractivity contribution in [2.45, 2.75) is 31.5 Å². The van der Waals surface area contributed by atoms with E-state index >= 15 is 0 Å². The molecule has 3 amide bonds. The molecule has 1 aromatic heterocycles. The first-order valence-corrected chi connectivity index (χ1v) is 12.3. The van der Waals surface area contributed by atoms with Crippen LogP contribution < -0.4 is 0 Å². The van der Waals surface area contributed by atoms with Crippen molar-refractivity contribution in [3.63, 3.8) is 0 Å². The predicted octanol–water partition coefficient (Wildman–Crippen LogP) is 4.76. The Morgan fingerprint density at radius 1 is 0.829 bits per heavy atom. The Morgan fingerprint density at radius 3 is 2.34 bits per heavy atom. The number of rotatable bonds is 4. The standard InChI is InChI=1S/C29H30N4O2/c1-30-19-24(25-9-5-6-10-26(25)30)20-32-15-13-29(14-16-32)27(34)33(28(35)31(29)2)18-21-11-12-22-7-3-4-8-23(22)17-21/h3-12,17,19H,13-16,18,20H2,1-2H3. The van der Waals surface area contributed by atoms with Crippen LogP contribution in [0.1, 0.15) is 24.0 Å². The van der Waals surface area contributed by atoms with Crippen molar-refractivity contribution < 1.29 is 9.59 Å². The highest BCUT2D eigenvalue weighted by molar-refractivity contribution is 6.07. The van der Waals surface area contributed by atoms with Gasteiger partial charge in [0.05, 0.1) is 6.54 Å². The third-order valence-corrected chi connectivity index (χ3v) is 8.01. The highest BCUT2D eigenvalue weighted by Gasteiger charge is 2.56. The fourth-order valence-electron chi connectivity index (χ4n) is 5.93. The Labute approximate surface area is 205 Å². The fourth-order valence-corrected chi connectivity index (χ4v) is 5.93. The van der Waals surface area contributed by atoms with Crippen LogP contribution in [0.2, 0.25) is 0 Å². The normalized spacial score (nSPS) is 18.5. The number of hydrogen-bond donors (Lipinski definition) is 0. The molecule has 2 aliphatic rings. The first kappa shape index (κ1) is 21.9. The smallest absolute Gasteiger partial charge is 0.327 e. The third-order valence-electron chi connectivity index (χ3n) is 8.01. The second-order valence-electron chi connectivity index (χ2n) is 10.0. The summed E-state index contributed by atoms with van der Waals surface area (Å²) in [5, 5.41) is 3.55. The number of urea groups is 1. The van der Waals surface area contributed by atoms with Crippen molar-refractivity contribution in [1.29, 1.82) is 0 Å². The molecule has 6 nitrogen and oxygen atoms in total. The number of amides is 3. The summed E-state index contributed by atoms with van der Waals surface area (Å²) >= 11 is 0. The molecule has 6 heteroatoms. The van der Waals surface area contributed by atoms with Gasteiger partial charge in [-0.1, -0.05) is 54.6 Å². The van der Waals surface area contributed by atoms with Crippen LogP contribution in [-0.4, -0.2) is 56.9 Å². The average molecular weight is 467 g/mol. The van der Waals surface area contributed by atoms with Crippen LogP contribution in [0.4, 0.5) is 4.79 Å². The lowest BCUT2D eigenvalue weighted by Gasteiger charge is -2.40. The van der Waals surface area contributed by atoms with Crippen molar-refractivity contribution in [1.82, 2.24) is 19.3 Å². The summed E-state index contributed by atoms with van der Waals surface area (Å²) in [6.07, 6.45) is 3.52. The highest BCUT2D eigenvalue weighted by atomic mass is 16.2. The molecule has 2 fully saturated rings. The molecular weight excluding hydrogens is 436 g/mol. The van der Waals surface area contributed by atoms with Gasteiger partial charge in [-0.3, -0.25) is 14.6 Å². The number of nitrogens with zero attached hydrogens (tertiary/aromatic N) is 4. The van der Waals surface area contributed by atoms with Gasteiger partial charge in [0, 0.05) is 50.8 Å². The zero-order chi connectivity index (χ0) is 24.2. The van der Waals surface area contributed by atoms with E-state index in [0.29, 0.717) is 19.4 Å². The minimum atomic E-state index is -0.733. The number of imide groups is 1. The van der Waals surface area contributed by atoms with Gasteiger partial charge in [0.1, 0.15) is 5.54 Å². The fraction of sp³-hybridized carbons (Fsp3) is 0.310. The quantitative estimate of drug-likeness (QED) is 0.408. The summed E-state index contributed by atoms with van der Waals surface area (Å²) in [7, 11) is 3.87. The van der Waals surface area contributed by atoms with Gasteiger partial charge in [-0.2, -0.15) is 0 Å². The first-order valence-electron chi connectivity index (χ1n) is 12.3. The number of piperidine rings is 1. The Balaban J connectivity index is 1.18. The van der Waals surface area contributed by atoms with Crippen molar-refractivity contribution in [3.8, 4) is 0 Å². The minimum absolute atomic E-state index is 0.0528. The third kappa shape index (κ3) is 3.51. The van der Waals surface area contributed by atoms with E-state index in [4.69, 9.17) is 0 Å². The maximum Gasteiger partial charge on any atom is 0.327 e. The van der Waals surface area contributed by atoms with E-state index in [9.17, 15) is 9.59 Å². The largest absolute Gasteiger partial charge is 0.350 e. The van der Waals surface area contributed by atoms with Crippen LogP contribution in [-0.2, 0) is 24.9 Å². The summed E-state index contributed by atoms with van der Waals surface area (Å²) in [6, 6.07) is 22.6. The number of carbonyl (C=O) groups is 2. The molecule has 0 atom stereocenters. The topological polar surface area (TPSA) is 48.8 Å². The zero-order valence-electron chi connectivity index (χ0n) is 20.3. The number of carbonyl (C=O) groups excluding carboxylic acids is 2. The van der Waals surface area contributed by atoms with Crippen LogP contribution in [0.15, 0.2) is 72.9 Å². The van der Waals surface area contributed by atoms with E-state index in [1.165, 1.54) is 21.4 Å². The first-order chi connectivity index (χ1) is 17.0. The average Bonchev–Trinajstić information content (AvgIpc) is 3.28. The number of aromatic nitrogens is 1. The van der Waals surface area contributed by atoms with E-state index in [1.54, 1.807) is 11.9 Å². The lowest BCUT2D eigenvalue weighted by atomic mass is 9.86. The summed E-state index contributed by atoms with van der Waals surface area (Å²) in [5.74, 6) is -0.0528. The number of aryl methyl sites for hydroxylation is 1. The molecular formula is C29H30N4O2. The van der Waals surface area contributed by atoms with E-state index in [-0.39, 0.29) is 11.9 Å². The van der Waals surface area contributed by atoms with Crippen molar-refractivity contribution in [3.05, 3.63) is 84.1 Å². The summed E-state index contributed by atoms with van der Waals surface area (Å²) in [4.78, 5) is 32.4. The maximum atomic E-state index is 13.7. The van der Waals surface area contributed by atoms with Gasteiger partial charge >= 0.3 is 6.03 Å². The van der Waals surface area contributed by atoms with E-state index in [2.05, 4.69) is 71.2 Å². The molecule has 178 valence electrons. The number of hydrogen-bond acceptors (Lipinski definition) is 3. The Kier molecular flexibility index (Phi) is 5.15. The van der Waals surface area contributed by atoms with Gasteiger partial charge < -0.3 is 9.47 Å². The van der Waals surface area contributed by atoms with E-state index in [0.717, 1.165) is 36.0 Å². The van der Waals surface area contributed by atoms with E-state index in [1.807, 2.05) is 18.2 Å². The SMILES string of the molecule is CN1C(=O)N(Cc2ccc3ccccc3c2)C(=O)C12CCN(Cc1cn(C)c3ccccc13)CC2. The second-order valence-corrected chi connectivity index (χ2v) is 10.0. The number of para-hydroxylation sites is 1. The molecule has 3 heterocycles. The maximum absolute atomic E-state index is 13.7. The van der Waals surface area contributed by atoms with E-state index < -0.39 is 5.54 Å². The number of likely N-dealkylation sites (tertiary alicyclic amines) is 1. The molecule has 6 rings (SSSR count). The number of likely N-dealkylation sites (N-methyl/N-ethyl adjacent to an activating group) is 1. The number of benzene rings is 3. The van der Waals surface area contributed by atoms with Crippen LogP contribution in [0, 0.1) is 0 Å². The van der Waals surface area contributed by atoms with Crippen molar-refractivity contribution in [2.24, 2.45) is 7.05 Å². The Hall–Kier alpha value is -3.64. The summed E-state index contributed by atoms with van der Waals surface area (Å²) in [5.41, 5.74) is 2.78. The predicted molar refractivity (Wildman–Crippen MR) is 138 cm³/mol. The monoisotopic (exact) mass is 466 g/mol. The molecule has 4 aromatic rings. The van der Waals surface area contributed by atoms with Crippen LogP contribution in [0.25, 0.3) is 21.7 Å².